The van der Waals surface area contributed by atoms with Crippen LogP contribution in [0.15, 0.2) is 34.9 Å². The lowest BCUT2D eigenvalue weighted by Gasteiger charge is -2.41. The van der Waals surface area contributed by atoms with Crippen LogP contribution in [0.1, 0.15) is 170 Å². The predicted molar refractivity (Wildman–Crippen MR) is 349 cm³/mol. The topological polar surface area (TPSA) is 444 Å². The van der Waals surface area contributed by atoms with Gasteiger partial charge in [-0.15, -0.1) is 0 Å². The number of pyridine rings is 1. The van der Waals surface area contributed by atoms with Gasteiger partial charge in [-0.2, -0.15) is 73.2 Å². The smallest absolute Gasteiger partial charge is 0.418 e. The number of nitrogens with two attached hydrogens (primary N) is 2. The highest BCUT2D eigenvalue weighted by atomic mass is 35.7. The zero-order chi connectivity index (χ0) is 79.5. The number of ketones is 2. The van der Waals surface area contributed by atoms with E-state index < -0.39 is 158 Å². The Hall–Kier alpha value is -5.66. The minimum atomic E-state index is -5.23. The van der Waals surface area contributed by atoms with Crippen LogP contribution in [0, 0.1) is 22.7 Å². The maximum atomic E-state index is 14.6. The molecule has 29 nitrogen and oxygen atoms in total. The van der Waals surface area contributed by atoms with Crippen LogP contribution in [0.5, 0.6) is 11.6 Å². The second-order valence-corrected chi connectivity index (χ2v) is 33.4. The van der Waals surface area contributed by atoms with Gasteiger partial charge in [-0.3, -0.25) is 28.8 Å². The molecule has 0 bridgehead atoms. The molecule has 590 valence electrons. The lowest BCUT2D eigenvalue weighted by Crippen LogP contribution is -2.56. The summed E-state index contributed by atoms with van der Waals surface area (Å²) in [5, 5.41) is 25.4. The fraction of sp³-hybridized carbons (Fsp3) is 0.729. The molecule has 2 saturated heterocycles. The summed E-state index contributed by atoms with van der Waals surface area (Å²) < 4.78 is 231. The third-order valence-electron chi connectivity index (χ3n) is 16.6. The number of carbonyl (C=O) groups is 6. The van der Waals surface area contributed by atoms with Crippen molar-refractivity contribution in [1.29, 1.82) is 0 Å². The number of rotatable bonds is 17. The Morgan fingerprint density at radius 1 is 0.816 bits per heavy atom. The maximum Gasteiger partial charge on any atom is 0.418 e. The predicted octanol–water partition coefficient (Wildman–Crippen LogP) is 8.85. The fourth-order valence-corrected chi connectivity index (χ4v) is 12.6. The van der Waals surface area contributed by atoms with Gasteiger partial charge in [-0.05, 0) is 145 Å². The summed E-state index contributed by atoms with van der Waals surface area (Å²) >= 11 is 0. The number of nitrogens with one attached hydrogen (secondary N) is 1. The summed E-state index contributed by atoms with van der Waals surface area (Å²) in [7, 11) is -7.27. The van der Waals surface area contributed by atoms with Crippen LogP contribution in [-0.4, -0.2) is 176 Å². The Balaban J connectivity index is 0.000000604. The molecule has 7 aliphatic rings. The largest absolute Gasteiger partial charge is 0.497 e. The van der Waals surface area contributed by atoms with Crippen molar-refractivity contribution in [3.8, 4) is 11.6 Å². The molecule has 2 aliphatic heterocycles. The summed E-state index contributed by atoms with van der Waals surface area (Å²) in [5.74, 6) is -2.95. The molecule has 0 radical (unpaired) electrons. The SMILES string of the molecule is C1CCOC1.CC[C@@H]1C[C@]1(CC(=O)[C@@H]1C[C@@H](Oc2nccc3cc(OC)ccc23)CN1C(=O)[C@@H](CC(=O)OC(C)(C)C)C(C)(C)C)C(=O)NS(=O)(=O)OC1(C(F)(F)F)CCC1.NS(=O)(=O)Cl.NS(=O)(=O)OC1(C(F)(F)F)CCC1.O=C1CCC1.O=C=NS(=O)(=O)Cl.O=CO.OC1(C(F)(F)F)CCC1. The Labute approximate surface area is 598 Å². The van der Waals surface area contributed by atoms with Crippen molar-refractivity contribution >= 4 is 113 Å². The van der Waals surface area contributed by atoms with Gasteiger partial charge in [0, 0.05) is 71.8 Å². The van der Waals surface area contributed by atoms with E-state index in [1.54, 1.807) is 83.7 Å². The first-order chi connectivity index (χ1) is 46.8. The monoisotopic (exact) mass is 1610 g/mol. The van der Waals surface area contributed by atoms with E-state index in [0.29, 0.717) is 29.8 Å². The average molecular weight is 1620 g/mol. The number of aromatic nitrogens is 1. The number of ether oxygens (including phenoxy) is 4. The number of carbonyl (C=O) groups excluding carboxylic acids is 6. The molecular weight excluding hydrogens is 1530 g/mol. The molecule has 1 aromatic carbocycles. The number of hydrogen-bond acceptors (Lipinski definition) is 23. The Morgan fingerprint density at radius 2 is 1.31 bits per heavy atom. The molecule has 7 N–H and O–H groups in total. The molecule has 2 amide bonds. The highest BCUT2D eigenvalue weighted by Crippen LogP contribution is 2.58. The molecule has 44 heteroatoms. The first-order valence-electron chi connectivity index (χ1n) is 31.3. The number of alkyl halides is 9. The first kappa shape index (κ1) is 93.4. The van der Waals surface area contributed by atoms with E-state index in [9.17, 15) is 97.2 Å². The minimum absolute atomic E-state index is 0.0217. The van der Waals surface area contributed by atoms with E-state index in [1.807, 2.05) is 0 Å². The normalized spacial score (nSPS) is 21.8. The summed E-state index contributed by atoms with van der Waals surface area (Å²) in [6.07, 6.45) is -8.74. The number of methoxy groups -OCH3 is 1. The molecule has 5 saturated carbocycles. The third-order valence-corrected chi connectivity index (χ3v) is 18.7. The van der Waals surface area contributed by atoms with E-state index >= 15 is 0 Å². The van der Waals surface area contributed by atoms with Crippen LogP contribution in [0.3, 0.4) is 0 Å². The lowest BCUT2D eigenvalue weighted by atomic mass is 9.77. The number of fused-ring (bicyclic) bond motifs is 1. The molecule has 9 rings (SSSR count). The van der Waals surface area contributed by atoms with Gasteiger partial charge in [-0.25, -0.2) is 33.1 Å². The molecule has 7 fully saturated rings. The summed E-state index contributed by atoms with van der Waals surface area (Å²) in [6, 6.07) is 5.92. The number of amides is 2. The number of benzene rings is 1. The van der Waals surface area contributed by atoms with E-state index in [2.05, 4.69) is 49.4 Å². The Morgan fingerprint density at radius 3 is 1.62 bits per heavy atom. The van der Waals surface area contributed by atoms with Gasteiger partial charge < -0.3 is 34.1 Å². The Bertz CT molecular complexity index is 3730. The summed E-state index contributed by atoms with van der Waals surface area (Å²) in [6.45, 7) is 13.9. The van der Waals surface area contributed by atoms with Gasteiger partial charge in [0.05, 0.1) is 37.5 Å². The van der Waals surface area contributed by atoms with Gasteiger partial charge in [0.2, 0.25) is 17.7 Å². The van der Waals surface area contributed by atoms with E-state index in [-0.39, 0.29) is 76.7 Å². The van der Waals surface area contributed by atoms with Crippen molar-refractivity contribution in [2.45, 2.75) is 224 Å². The highest BCUT2D eigenvalue weighted by molar-refractivity contribution is 8.12. The van der Waals surface area contributed by atoms with Crippen LogP contribution >= 0.6 is 21.4 Å². The van der Waals surface area contributed by atoms with E-state index in [0.717, 1.165) is 43.9 Å². The summed E-state index contributed by atoms with van der Waals surface area (Å²) in [4.78, 5) is 88.9. The second kappa shape index (κ2) is 37.7. The molecule has 1 aromatic heterocycles. The number of likely N-dealkylation sites (tertiary alicyclic amines) is 1. The number of carboxylic acid groups (broad SMARTS) is 1. The fourth-order valence-electron chi connectivity index (χ4n) is 10.5. The molecular formula is C59H85Cl2F9N6O23S4. The van der Waals surface area contributed by atoms with Gasteiger partial charge in [0.1, 0.15) is 23.2 Å². The third kappa shape index (κ3) is 30.6. The first-order valence-corrected chi connectivity index (χ1v) is 38.9. The Kier molecular flexibility index (Phi) is 34.2. The van der Waals surface area contributed by atoms with Gasteiger partial charge in [0.15, 0.2) is 22.6 Å². The van der Waals surface area contributed by atoms with Crippen molar-refractivity contribution in [1.82, 2.24) is 14.6 Å². The van der Waals surface area contributed by atoms with E-state index in [1.165, 1.54) is 24.9 Å². The van der Waals surface area contributed by atoms with Crippen LogP contribution in [0.2, 0.25) is 0 Å². The highest BCUT2D eigenvalue weighted by Gasteiger charge is 2.65. The zero-order valence-corrected chi connectivity index (χ0v) is 61.9. The van der Waals surface area contributed by atoms with Gasteiger partial charge >= 0.3 is 54.3 Å². The maximum absolute atomic E-state index is 14.6. The quantitative estimate of drug-likeness (QED) is 0.0246. The average Bonchev–Trinajstić information content (AvgIpc) is 1.59. The molecule has 103 heavy (non-hydrogen) atoms. The molecule has 3 heterocycles. The molecule has 0 unspecified atom stereocenters. The number of aliphatic hydroxyl groups is 1. The molecule has 2 aromatic rings. The second-order valence-electron chi connectivity index (χ2n) is 26.5. The van der Waals surface area contributed by atoms with E-state index in [4.69, 9.17) is 38.7 Å². The standard InChI is InChI=1S/C39H52F3N3O10S.C5H8F3NO3S.C5H7F3O.C4H8O.C4H6O.CClNO3S.CH2O2.ClH2NO2S/c1-9-24-20-37(24,34(49)44-56(50,51)55-38(14-10-15-38)39(40,41)42)21-30(46)29-18-26(53-32-27-12-11-25(52-8)17-23(27)13-16-43-32)22-45(29)33(48)28(35(2,3)4)19-31(47)54-36(5,6)7;6-5(7,8)4(2-1-3-4)12-13(9,10)11;6-5(7,8)4(9)2-1-3-4;1-2-4-5-3-1;5-4-2-1-3-4;2-7(5,6)3-1-4;2-1-3;1-5(2,3)4/h11-13,16-17,24,26,28-29H,9-10,14-15,18-22H2,1-8H3,(H,44,49);1-3H2,(H2,9,10,11);9H,1-3H2;1-4H2;1-3H2;;1H,(H,2,3);(H2,2,3,4)/t24-,26-,28-,29+,37-;;;;;;;/m1......./s1. The number of halogens is 11. The number of hydrogen-bond donors (Lipinski definition) is 5. The molecule has 5 aliphatic carbocycles. The van der Waals surface area contributed by atoms with Crippen molar-refractivity contribution < 1.29 is 144 Å². The van der Waals surface area contributed by atoms with Crippen molar-refractivity contribution in [2.24, 2.45) is 37.3 Å². The van der Waals surface area contributed by atoms with Crippen LogP contribution in [0.4, 0.5) is 39.5 Å². The number of isocyanates is 1. The zero-order valence-electron chi connectivity index (χ0n) is 57.1. The van der Waals surface area contributed by atoms with Crippen molar-refractivity contribution in [3.63, 3.8) is 0 Å². The number of Topliss-reactive ketones (excluding diaryl/α,β-unsaturated/α-hetero) is 2. The van der Waals surface area contributed by atoms with Gasteiger partial charge in [0.25, 0.3) is 21.8 Å². The van der Waals surface area contributed by atoms with Crippen LogP contribution in [0.25, 0.3) is 10.8 Å². The number of nitrogens with zero attached hydrogens (tertiary/aromatic N) is 3. The number of esters is 1. The molecule has 0 spiro atoms. The van der Waals surface area contributed by atoms with Crippen LogP contribution < -0.4 is 24.5 Å². The van der Waals surface area contributed by atoms with Crippen molar-refractivity contribution in [3.05, 3.63) is 30.5 Å². The van der Waals surface area contributed by atoms with Gasteiger partial charge in [-0.1, -0.05) is 38.5 Å². The van der Waals surface area contributed by atoms with Crippen LogP contribution in [-0.2, 0) is 90.5 Å². The van der Waals surface area contributed by atoms with Crippen molar-refractivity contribution in [2.75, 3.05) is 26.9 Å². The summed E-state index contributed by atoms with van der Waals surface area (Å²) in [5.41, 5.74) is -11.0. The molecule has 5 atom stereocenters. The lowest BCUT2D eigenvalue weighted by molar-refractivity contribution is -0.286. The minimum Gasteiger partial charge on any atom is -0.497 e.